The number of nitrogens with one attached hydrogen (secondary N) is 2. The molecule has 0 atom stereocenters. The highest BCUT2D eigenvalue weighted by Crippen LogP contribution is 1.85. The summed E-state index contributed by atoms with van der Waals surface area (Å²) in [6.45, 7) is 0. The molecule has 0 rings (SSSR count). The summed E-state index contributed by atoms with van der Waals surface area (Å²) in [4.78, 5) is 41.6. The molecular weight excluding hydrogens is 200 g/mol. The number of carbonyl (C=O) groups is 4. The number of hydrogen-bond acceptors (Lipinski definition) is 8. The predicted octanol–water partition coefficient (Wildman–Crippen LogP) is -2.76. The van der Waals surface area contributed by atoms with Crippen molar-refractivity contribution in [3.8, 4) is 0 Å². The van der Waals surface area contributed by atoms with Crippen LogP contribution in [0.15, 0.2) is 0 Å². The number of esters is 2. The van der Waals surface area contributed by atoms with Gasteiger partial charge in [-0.25, -0.2) is 30.9 Å². The zero-order chi connectivity index (χ0) is 11.1. The number of hydrazine groups is 2. The van der Waals surface area contributed by atoms with Gasteiger partial charge in [0.1, 0.15) is 0 Å². The van der Waals surface area contributed by atoms with Crippen LogP contribution in [0.1, 0.15) is 0 Å². The van der Waals surface area contributed by atoms with Crippen LogP contribution in [0.3, 0.4) is 0 Å². The van der Waals surface area contributed by atoms with E-state index >= 15 is 0 Å². The molecule has 0 bridgehead atoms. The molecule has 0 unspecified atom stereocenters. The molecule has 14 heavy (non-hydrogen) atoms. The lowest BCUT2D eigenvalue weighted by molar-refractivity contribution is -0.160. The molecule has 10 heteroatoms. The molecule has 0 aromatic rings. The van der Waals surface area contributed by atoms with Crippen LogP contribution in [0.5, 0.6) is 0 Å². The minimum atomic E-state index is -1.71. The van der Waals surface area contributed by atoms with Crippen LogP contribution in [0.4, 0.5) is 9.59 Å². The molecule has 0 heterocycles. The molecular formula is C4H6N4O6. The molecule has 2 amide bonds. The van der Waals surface area contributed by atoms with Crippen LogP contribution in [-0.2, 0) is 19.1 Å². The first-order valence-corrected chi connectivity index (χ1v) is 2.96. The van der Waals surface area contributed by atoms with Gasteiger partial charge >= 0.3 is 24.1 Å². The smallest absolute Gasteiger partial charge is 0.367 e. The number of ether oxygens (including phenoxy) is 2. The third-order valence-electron chi connectivity index (χ3n) is 0.773. The van der Waals surface area contributed by atoms with Crippen LogP contribution in [0.25, 0.3) is 0 Å². The predicted molar refractivity (Wildman–Crippen MR) is 37.6 cm³/mol. The summed E-state index contributed by atoms with van der Waals surface area (Å²) in [5.74, 6) is 5.62. The monoisotopic (exact) mass is 206 g/mol. The standard InChI is InChI=1S/C4H6N4O6/c5-7-3(11)13-1(9)2(10)14-4(12)8-6/h5-6H2,(H,7,11)(H,8,12). The summed E-state index contributed by atoms with van der Waals surface area (Å²) in [6, 6.07) is 0. The first-order chi connectivity index (χ1) is 6.51. The molecule has 78 valence electrons. The molecule has 0 fully saturated rings. The highest BCUT2D eigenvalue weighted by Gasteiger charge is 2.23. The molecule has 0 saturated carbocycles. The molecule has 0 aliphatic rings. The normalized spacial score (nSPS) is 8.43. The number of carbonyl (C=O) groups excluding carboxylic acids is 4. The summed E-state index contributed by atoms with van der Waals surface area (Å²) in [5.41, 5.74) is 2.81. The van der Waals surface area contributed by atoms with Gasteiger partial charge in [-0.05, 0) is 0 Å². The lowest BCUT2D eigenvalue weighted by Gasteiger charge is -2.00. The Kier molecular flexibility index (Phi) is 4.59. The van der Waals surface area contributed by atoms with Crippen molar-refractivity contribution in [3.05, 3.63) is 0 Å². The van der Waals surface area contributed by atoms with Gasteiger partial charge in [0.2, 0.25) is 0 Å². The average Bonchev–Trinajstić information content (AvgIpc) is 2.17. The average molecular weight is 206 g/mol. The minimum Gasteiger partial charge on any atom is -0.367 e. The van der Waals surface area contributed by atoms with Crippen LogP contribution in [0, 0.1) is 0 Å². The van der Waals surface area contributed by atoms with E-state index in [1.807, 2.05) is 0 Å². The second-order valence-electron chi connectivity index (χ2n) is 1.64. The van der Waals surface area contributed by atoms with Crippen molar-refractivity contribution in [2.45, 2.75) is 0 Å². The third kappa shape index (κ3) is 3.99. The zero-order valence-electron chi connectivity index (χ0n) is 6.60. The van der Waals surface area contributed by atoms with Crippen molar-refractivity contribution in [3.63, 3.8) is 0 Å². The van der Waals surface area contributed by atoms with E-state index in [0.29, 0.717) is 0 Å². The topological polar surface area (TPSA) is 163 Å². The van der Waals surface area contributed by atoms with E-state index in [1.165, 1.54) is 10.9 Å². The molecule has 0 aliphatic carbocycles. The van der Waals surface area contributed by atoms with Gasteiger partial charge < -0.3 is 9.47 Å². The van der Waals surface area contributed by atoms with Crippen molar-refractivity contribution in [2.24, 2.45) is 11.7 Å². The van der Waals surface area contributed by atoms with Gasteiger partial charge in [-0.3, -0.25) is 10.9 Å². The largest absolute Gasteiger partial charge is 0.429 e. The van der Waals surface area contributed by atoms with Gasteiger partial charge in [-0.15, -0.1) is 0 Å². The summed E-state index contributed by atoms with van der Waals surface area (Å²) in [7, 11) is 0. The van der Waals surface area contributed by atoms with E-state index in [1.54, 1.807) is 0 Å². The Labute approximate surface area is 76.4 Å². The third-order valence-corrected chi connectivity index (χ3v) is 0.773. The van der Waals surface area contributed by atoms with Gasteiger partial charge in [-0.2, -0.15) is 0 Å². The van der Waals surface area contributed by atoms with E-state index in [4.69, 9.17) is 0 Å². The highest BCUT2D eigenvalue weighted by molar-refractivity contribution is 6.33. The fraction of sp³-hybridized carbons (Fsp3) is 0. The highest BCUT2D eigenvalue weighted by atomic mass is 16.6. The Morgan fingerprint density at radius 2 is 1.07 bits per heavy atom. The minimum absolute atomic E-state index is 1.37. The van der Waals surface area contributed by atoms with E-state index < -0.39 is 24.1 Å². The van der Waals surface area contributed by atoms with Gasteiger partial charge in [0, 0.05) is 0 Å². The Hall–Kier alpha value is -2.20. The number of amides is 2. The summed E-state index contributed by atoms with van der Waals surface area (Å²) in [5, 5.41) is 0. The first kappa shape index (κ1) is 11.8. The van der Waals surface area contributed by atoms with E-state index in [-0.39, 0.29) is 0 Å². The number of rotatable bonds is 0. The maximum absolute atomic E-state index is 10.5. The van der Waals surface area contributed by atoms with Crippen molar-refractivity contribution < 1.29 is 28.7 Å². The molecule has 0 saturated heterocycles. The summed E-state index contributed by atoms with van der Waals surface area (Å²) in [6.07, 6.45) is -2.75. The molecule has 0 aliphatic heterocycles. The molecule has 0 aromatic heterocycles. The second kappa shape index (κ2) is 5.45. The second-order valence-corrected chi connectivity index (χ2v) is 1.64. The SMILES string of the molecule is NNC(=O)OC(=O)C(=O)OC(=O)NN. The van der Waals surface area contributed by atoms with Crippen molar-refractivity contribution in [2.75, 3.05) is 0 Å². The number of nitrogens with two attached hydrogens (primary N) is 2. The Bertz CT molecular complexity index is 247. The fourth-order valence-electron chi connectivity index (χ4n) is 0.311. The molecule has 0 aromatic carbocycles. The Balaban J connectivity index is 4.07. The Morgan fingerprint density at radius 1 is 0.786 bits per heavy atom. The van der Waals surface area contributed by atoms with Gasteiger partial charge in [0.05, 0.1) is 0 Å². The molecule has 0 spiro atoms. The molecule has 10 nitrogen and oxygen atoms in total. The van der Waals surface area contributed by atoms with Gasteiger partial charge in [0.15, 0.2) is 0 Å². The van der Waals surface area contributed by atoms with E-state index in [9.17, 15) is 19.2 Å². The van der Waals surface area contributed by atoms with Crippen LogP contribution in [-0.4, -0.2) is 24.1 Å². The van der Waals surface area contributed by atoms with Crippen LogP contribution in [0.2, 0.25) is 0 Å². The quantitative estimate of drug-likeness (QED) is 0.0826. The lowest BCUT2D eigenvalue weighted by Crippen LogP contribution is -2.38. The Morgan fingerprint density at radius 3 is 1.29 bits per heavy atom. The van der Waals surface area contributed by atoms with Gasteiger partial charge in [-0.1, -0.05) is 0 Å². The zero-order valence-corrected chi connectivity index (χ0v) is 6.60. The van der Waals surface area contributed by atoms with Gasteiger partial charge in [0.25, 0.3) is 0 Å². The fourth-order valence-corrected chi connectivity index (χ4v) is 0.311. The summed E-state index contributed by atoms with van der Waals surface area (Å²) < 4.78 is 7.39. The first-order valence-electron chi connectivity index (χ1n) is 2.96. The lowest BCUT2D eigenvalue weighted by atomic mass is 10.7. The van der Waals surface area contributed by atoms with E-state index in [0.717, 1.165) is 0 Å². The maximum atomic E-state index is 10.5. The molecule has 6 N–H and O–H groups in total. The van der Waals surface area contributed by atoms with Crippen LogP contribution >= 0.6 is 0 Å². The van der Waals surface area contributed by atoms with Crippen LogP contribution < -0.4 is 22.5 Å². The number of hydrogen-bond donors (Lipinski definition) is 4. The summed E-state index contributed by atoms with van der Waals surface area (Å²) >= 11 is 0. The maximum Gasteiger partial charge on any atom is 0.429 e. The van der Waals surface area contributed by atoms with Crippen molar-refractivity contribution in [1.82, 2.24) is 10.9 Å². The molecule has 0 radical (unpaired) electrons. The van der Waals surface area contributed by atoms with Crippen molar-refractivity contribution in [1.29, 1.82) is 0 Å². The van der Waals surface area contributed by atoms with E-state index in [2.05, 4.69) is 21.2 Å². The van der Waals surface area contributed by atoms with Crippen molar-refractivity contribution >= 4 is 24.1 Å².